The van der Waals surface area contributed by atoms with Crippen LogP contribution in [-0.2, 0) is 6.54 Å². The first kappa shape index (κ1) is 15.0. The molecule has 1 aliphatic heterocycles. The van der Waals surface area contributed by atoms with Crippen LogP contribution < -0.4 is 5.32 Å². The second kappa shape index (κ2) is 8.00. The fourth-order valence-corrected chi connectivity index (χ4v) is 3.50. The summed E-state index contributed by atoms with van der Waals surface area (Å²) in [5, 5.41) is 5.71. The van der Waals surface area contributed by atoms with E-state index in [1.807, 2.05) is 11.3 Å². The number of nitrogens with zero attached hydrogens (tertiary/aromatic N) is 2. The van der Waals surface area contributed by atoms with Crippen molar-refractivity contribution in [1.29, 1.82) is 0 Å². The quantitative estimate of drug-likeness (QED) is 0.807. The van der Waals surface area contributed by atoms with Crippen molar-refractivity contribution in [2.24, 2.45) is 0 Å². The average Bonchev–Trinajstić information content (AvgIpc) is 2.85. The SMILES string of the molecule is CCC1CN(C)CCCN1CCNCc1cccs1. The standard InChI is InChI=1S/C15H27N3S/c1-3-14-13-17(2)8-5-9-18(14)10-7-16-12-15-6-4-11-19-15/h4,6,11,14,16H,3,5,7-10,12-13H2,1-2H3. The molecule has 108 valence electrons. The fourth-order valence-electron chi connectivity index (χ4n) is 2.82. The van der Waals surface area contributed by atoms with Crippen LogP contribution in [0.15, 0.2) is 17.5 Å². The van der Waals surface area contributed by atoms with E-state index in [9.17, 15) is 0 Å². The summed E-state index contributed by atoms with van der Waals surface area (Å²) in [5.41, 5.74) is 0. The molecule has 1 N–H and O–H groups in total. The van der Waals surface area contributed by atoms with Crippen molar-refractivity contribution in [1.82, 2.24) is 15.1 Å². The lowest BCUT2D eigenvalue weighted by Gasteiger charge is -2.30. The lowest BCUT2D eigenvalue weighted by molar-refractivity contribution is 0.184. The smallest absolute Gasteiger partial charge is 0.0300 e. The molecule has 0 aromatic carbocycles. The van der Waals surface area contributed by atoms with Crippen LogP contribution in [0, 0.1) is 0 Å². The number of nitrogens with one attached hydrogen (secondary N) is 1. The zero-order valence-electron chi connectivity index (χ0n) is 12.3. The van der Waals surface area contributed by atoms with E-state index in [0.717, 1.165) is 19.1 Å². The Morgan fingerprint density at radius 2 is 2.32 bits per heavy atom. The van der Waals surface area contributed by atoms with Crippen molar-refractivity contribution in [2.75, 3.05) is 39.8 Å². The second-order valence-electron chi connectivity index (χ2n) is 5.47. The predicted molar refractivity (Wildman–Crippen MR) is 83.8 cm³/mol. The van der Waals surface area contributed by atoms with E-state index in [0.29, 0.717) is 0 Å². The maximum absolute atomic E-state index is 3.57. The molecular formula is C15H27N3S. The summed E-state index contributed by atoms with van der Waals surface area (Å²) in [4.78, 5) is 6.58. The van der Waals surface area contributed by atoms with Crippen LogP contribution in [0.3, 0.4) is 0 Å². The van der Waals surface area contributed by atoms with Gasteiger partial charge in [-0.3, -0.25) is 4.90 Å². The Morgan fingerprint density at radius 3 is 3.05 bits per heavy atom. The third kappa shape index (κ3) is 4.88. The maximum atomic E-state index is 3.57. The first-order valence-corrected chi connectivity index (χ1v) is 8.33. The Balaban J connectivity index is 1.70. The van der Waals surface area contributed by atoms with Gasteiger partial charge in [0, 0.05) is 37.1 Å². The third-order valence-electron chi connectivity index (χ3n) is 3.95. The summed E-state index contributed by atoms with van der Waals surface area (Å²) in [6, 6.07) is 5.06. The summed E-state index contributed by atoms with van der Waals surface area (Å²) in [5.74, 6) is 0. The molecule has 1 aromatic rings. The molecule has 1 fully saturated rings. The highest BCUT2D eigenvalue weighted by Crippen LogP contribution is 2.11. The molecule has 2 rings (SSSR count). The van der Waals surface area contributed by atoms with Crippen molar-refractivity contribution in [3.05, 3.63) is 22.4 Å². The van der Waals surface area contributed by atoms with Gasteiger partial charge < -0.3 is 10.2 Å². The molecule has 1 aliphatic rings. The zero-order valence-corrected chi connectivity index (χ0v) is 13.1. The van der Waals surface area contributed by atoms with Crippen molar-refractivity contribution >= 4 is 11.3 Å². The fraction of sp³-hybridized carbons (Fsp3) is 0.733. The number of rotatable bonds is 6. The van der Waals surface area contributed by atoms with Gasteiger partial charge in [-0.1, -0.05) is 13.0 Å². The second-order valence-corrected chi connectivity index (χ2v) is 6.50. The van der Waals surface area contributed by atoms with E-state index in [2.05, 4.69) is 46.6 Å². The third-order valence-corrected chi connectivity index (χ3v) is 4.83. The normalized spacial score (nSPS) is 22.5. The topological polar surface area (TPSA) is 18.5 Å². The Hall–Kier alpha value is -0.420. The molecule has 19 heavy (non-hydrogen) atoms. The van der Waals surface area contributed by atoms with E-state index in [4.69, 9.17) is 0 Å². The predicted octanol–water partition coefficient (Wildman–Crippen LogP) is 2.25. The van der Waals surface area contributed by atoms with Gasteiger partial charge in [0.25, 0.3) is 0 Å². The molecule has 2 heterocycles. The average molecular weight is 281 g/mol. The van der Waals surface area contributed by atoms with E-state index in [1.165, 1.54) is 43.9 Å². The number of likely N-dealkylation sites (N-methyl/N-ethyl adjacent to an activating group) is 1. The van der Waals surface area contributed by atoms with Gasteiger partial charge in [0.2, 0.25) is 0 Å². The molecule has 3 nitrogen and oxygen atoms in total. The molecule has 1 atom stereocenters. The molecule has 0 amide bonds. The molecule has 1 unspecified atom stereocenters. The lowest BCUT2D eigenvalue weighted by Crippen LogP contribution is -2.42. The first-order chi connectivity index (χ1) is 9.29. The van der Waals surface area contributed by atoms with Gasteiger partial charge in [0.1, 0.15) is 0 Å². The molecule has 0 radical (unpaired) electrons. The minimum Gasteiger partial charge on any atom is -0.311 e. The molecule has 0 spiro atoms. The van der Waals surface area contributed by atoms with E-state index in [-0.39, 0.29) is 0 Å². The Morgan fingerprint density at radius 1 is 1.42 bits per heavy atom. The van der Waals surface area contributed by atoms with Crippen LogP contribution in [0.4, 0.5) is 0 Å². The van der Waals surface area contributed by atoms with Crippen LogP contribution in [0.2, 0.25) is 0 Å². The summed E-state index contributed by atoms with van der Waals surface area (Å²) in [7, 11) is 2.25. The van der Waals surface area contributed by atoms with E-state index < -0.39 is 0 Å². The van der Waals surface area contributed by atoms with Crippen molar-refractivity contribution in [3.63, 3.8) is 0 Å². The van der Waals surface area contributed by atoms with Crippen molar-refractivity contribution < 1.29 is 0 Å². The van der Waals surface area contributed by atoms with Gasteiger partial charge in [-0.15, -0.1) is 11.3 Å². The monoisotopic (exact) mass is 281 g/mol. The Labute approximate surface area is 121 Å². The molecule has 0 aliphatic carbocycles. The number of thiophene rings is 1. The van der Waals surface area contributed by atoms with Gasteiger partial charge in [0.15, 0.2) is 0 Å². The highest BCUT2D eigenvalue weighted by atomic mass is 32.1. The number of hydrogen-bond acceptors (Lipinski definition) is 4. The molecule has 1 saturated heterocycles. The Bertz CT molecular complexity index is 339. The lowest BCUT2D eigenvalue weighted by atomic mass is 10.2. The zero-order chi connectivity index (χ0) is 13.5. The van der Waals surface area contributed by atoms with Gasteiger partial charge >= 0.3 is 0 Å². The maximum Gasteiger partial charge on any atom is 0.0300 e. The minimum atomic E-state index is 0.732. The summed E-state index contributed by atoms with van der Waals surface area (Å²) in [6.45, 7) is 9.33. The van der Waals surface area contributed by atoms with Gasteiger partial charge in [-0.2, -0.15) is 0 Å². The van der Waals surface area contributed by atoms with Crippen LogP contribution in [0.1, 0.15) is 24.6 Å². The highest BCUT2D eigenvalue weighted by molar-refractivity contribution is 7.09. The van der Waals surface area contributed by atoms with Gasteiger partial charge in [-0.25, -0.2) is 0 Å². The first-order valence-electron chi connectivity index (χ1n) is 7.45. The van der Waals surface area contributed by atoms with Gasteiger partial charge in [0.05, 0.1) is 0 Å². The molecule has 0 saturated carbocycles. The number of hydrogen-bond donors (Lipinski definition) is 1. The largest absolute Gasteiger partial charge is 0.311 e. The van der Waals surface area contributed by atoms with E-state index in [1.54, 1.807) is 0 Å². The summed E-state index contributed by atoms with van der Waals surface area (Å²) >= 11 is 1.83. The molecule has 4 heteroatoms. The van der Waals surface area contributed by atoms with Crippen molar-refractivity contribution in [2.45, 2.75) is 32.4 Å². The highest BCUT2D eigenvalue weighted by Gasteiger charge is 2.21. The van der Waals surface area contributed by atoms with Crippen LogP contribution >= 0.6 is 11.3 Å². The van der Waals surface area contributed by atoms with Crippen molar-refractivity contribution in [3.8, 4) is 0 Å². The minimum absolute atomic E-state index is 0.732. The molecular weight excluding hydrogens is 254 g/mol. The van der Waals surface area contributed by atoms with Crippen LogP contribution in [0.25, 0.3) is 0 Å². The summed E-state index contributed by atoms with van der Waals surface area (Å²) < 4.78 is 0. The molecule has 0 bridgehead atoms. The van der Waals surface area contributed by atoms with Crippen LogP contribution in [0.5, 0.6) is 0 Å². The van der Waals surface area contributed by atoms with Gasteiger partial charge in [-0.05, 0) is 44.4 Å². The summed E-state index contributed by atoms with van der Waals surface area (Å²) in [6.07, 6.45) is 2.56. The Kier molecular flexibility index (Phi) is 6.31. The molecule has 1 aromatic heterocycles. The van der Waals surface area contributed by atoms with Crippen LogP contribution in [-0.4, -0.2) is 55.6 Å². The van der Waals surface area contributed by atoms with E-state index >= 15 is 0 Å².